The van der Waals surface area contributed by atoms with Crippen LogP contribution in [0.4, 0.5) is 0 Å². The molecule has 1 unspecified atom stereocenters. The maximum absolute atomic E-state index is 10.2. The van der Waals surface area contributed by atoms with Gasteiger partial charge in [-0.2, -0.15) is 0 Å². The van der Waals surface area contributed by atoms with E-state index in [2.05, 4.69) is 50.2 Å². The predicted molar refractivity (Wildman–Crippen MR) is 75.6 cm³/mol. The van der Waals surface area contributed by atoms with Gasteiger partial charge in [-0.3, -0.25) is 0 Å². The first-order chi connectivity index (χ1) is 8.65. The van der Waals surface area contributed by atoms with Crippen LogP contribution in [0.5, 0.6) is 0 Å². The van der Waals surface area contributed by atoms with Gasteiger partial charge >= 0.3 is 0 Å². The molecule has 18 heavy (non-hydrogen) atoms. The fourth-order valence-corrected chi connectivity index (χ4v) is 2.10. The van der Waals surface area contributed by atoms with Crippen molar-refractivity contribution in [1.29, 1.82) is 0 Å². The third kappa shape index (κ3) is 3.44. The minimum atomic E-state index is -0.369. The maximum Gasteiger partial charge on any atom is 0.0793 e. The van der Waals surface area contributed by atoms with Gasteiger partial charge in [-0.05, 0) is 37.8 Å². The molecule has 2 aromatic carbocycles. The Labute approximate surface area is 109 Å². The molecule has 1 N–H and O–H groups in total. The summed E-state index contributed by atoms with van der Waals surface area (Å²) in [6.45, 7) is 4.14. The molecule has 2 aromatic rings. The second-order valence-corrected chi connectivity index (χ2v) is 4.95. The van der Waals surface area contributed by atoms with E-state index in [-0.39, 0.29) is 6.10 Å². The van der Waals surface area contributed by atoms with Crippen LogP contribution in [0.2, 0.25) is 0 Å². The number of rotatable bonds is 4. The van der Waals surface area contributed by atoms with Gasteiger partial charge in [0.25, 0.3) is 0 Å². The van der Waals surface area contributed by atoms with Crippen molar-refractivity contribution >= 4 is 0 Å². The zero-order chi connectivity index (χ0) is 13.0. The summed E-state index contributed by atoms with van der Waals surface area (Å²) < 4.78 is 0. The van der Waals surface area contributed by atoms with Crippen LogP contribution in [0.25, 0.3) is 0 Å². The number of hydrogen-bond donors (Lipinski definition) is 1. The van der Waals surface area contributed by atoms with Crippen molar-refractivity contribution in [3.63, 3.8) is 0 Å². The average Bonchev–Trinajstić information content (AvgIpc) is 2.38. The lowest BCUT2D eigenvalue weighted by atomic mass is 10.00. The Morgan fingerprint density at radius 3 is 2.33 bits per heavy atom. The first-order valence-electron chi connectivity index (χ1n) is 6.45. The summed E-state index contributed by atoms with van der Waals surface area (Å²) in [5.74, 6) is 0. The minimum Gasteiger partial charge on any atom is -0.388 e. The molecule has 0 radical (unpaired) electrons. The Hall–Kier alpha value is -1.60. The van der Waals surface area contributed by atoms with E-state index in [4.69, 9.17) is 0 Å². The molecular formula is C17H20O. The Morgan fingerprint density at radius 2 is 1.67 bits per heavy atom. The second kappa shape index (κ2) is 5.83. The fourth-order valence-electron chi connectivity index (χ4n) is 2.10. The monoisotopic (exact) mass is 240 g/mol. The van der Waals surface area contributed by atoms with Gasteiger partial charge < -0.3 is 5.11 Å². The van der Waals surface area contributed by atoms with Crippen LogP contribution < -0.4 is 0 Å². The summed E-state index contributed by atoms with van der Waals surface area (Å²) in [6, 6.07) is 16.6. The highest BCUT2D eigenvalue weighted by molar-refractivity contribution is 5.25. The molecule has 1 heteroatoms. The first-order valence-corrected chi connectivity index (χ1v) is 6.45. The topological polar surface area (TPSA) is 20.2 Å². The minimum absolute atomic E-state index is 0.369. The van der Waals surface area contributed by atoms with Crippen LogP contribution in [0.3, 0.4) is 0 Å². The van der Waals surface area contributed by atoms with Crippen molar-refractivity contribution in [3.8, 4) is 0 Å². The normalized spacial score (nSPS) is 12.4. The lowest BCUT2D eigenvalue weighted by molar-refractivity contribution is 0.168. The number of aliphatic hydroxyl groups is 1. The molecule has 0 spiro atoms. The fraction of sp³-hybridized carbons (Fsp3) is 0.294. The summed E-state index contributed by atoms with van der Waals surface area (Å²) in [5, 5.41) is 10.2. The Bertz CT molecular complexity index is 499. The molecule has 0 aliphatic heterocycles. The van der Waals surface area contributed by atoms with Gasteiger partial charge in [0.2, 0.25) is 0 Å². The molecule has 94 valence electrons. The van der Waals surface area contributed by atoms with Crippen molar-refractivity contribution in [1.82, 2.24) is 0 Å². The highest BCUT2D eigenvalue weighted by Gasteiger charge is 2.07. The van der Waals surface area contributed by atoms with E-state index in [1.54, 1.807) is 0 Å². The van der Waals surface area contributed by atoms with Gasteiger partial charge in [-0.1, -0.05) is 59.7 Å². The second-order valence-electron chi connectivity index (χ2n) is 4.95. The number of aryl methyl sites for hydroxylation is 3. The van der Waals surface area contributed by atoms with Crippen molar-refractivity contribution in [2.45, 2.75) is 32.8 Å². The van der Waals surface area contributed by atoms with Crippen LogP contribution in [-0.4, -0.2) is 5.11 Å². The molecule has 1 atom stereocenters. The quantitative estimate of drug-likeness (QED) is 0.857. The smallest absolute Gasteiger partial charge is 0.0793 e. The summed E-state index contributed by atoms with van der Waals surface area (Å²) >= 11 is 0. The van der Waals surface area contributed by atoms with E-state index in [9.17, 15) is 5.11 Å². The lowest BCUT2D eigenvalue weighted by Crippen LogP contribution is -2.00. The van der Waals surface area contributed by atoms with Crippen molar-refractivity contribution in [2.24, 2.45) is 0 Å². The van der Waals surface area contributed by atoms with Gasteiger partial charge in [-0.25, -0.2) is 0 Å². The largest absolute Gasteiger partial charge is 0.388 e. The average molecular weight is 240 g/mol. The van der Waals surface area contributed by atoms with E-state index >= 15 is 0 Å². The van der Waals surface area contributed by atoms with Gasteiger partial charge in [-0.15, -0.1) is 0 Å². The first kappa shape index (κ1) is 12.8. The molecule has 2 rings (SSSR count). The maximum atomic E-state index is 10.2. The standard InChI is InChI=1S/C17H20O/c1-13-6-8-15(9-7-13)10-11-17(18)16-5-3-4-14(2)12-16/h3-9,12,17-18H,10-11H2,1-2H3. The molecule has 0 aliphatic carbocycles. The third-order valence-electron chi connectivity index (χ3n) is 3.25. The van der Waals surface area contributed by atoms with E-state index in [0.717, 1.165) is 18.4 Å². The molecule has 0 bridgehead atoms. The number of aliphatic hydroxyl groups excluding tert-OH is 1. The van der Waals surface area contributed by atoms with Gasteiger partial charge in [0.1, 0.15) is 0 Å². The van der Waals surface area contributed by atoms with E-state index in [1.807, 2.05) is 12.1 Å². The SMILES string of the molecule is Cc1ccc(CCC(O)c2cccc(C)c2)cc1. The van der Waals surface area contributed by atoms with Crippen LogP contribution in [0.15, 0.2) is 48.5 Å². The van der Waals surface area contributed by atoms with Crippen molar-refractivity contribution in [3.05, 3.63) is 70.8 Å². The lowest BCUT2D eigenvalue weighted by Gasteiger charge is -2.11. The van der Waals surface area contributed by atoms with Crippen LogP contribution in [-0.2, 0) is 6.42 Å². The summed E-state index contributed by atoms with van der Waals surface area (Å²) in [4.78, 5) is 0. The van der Waals surface area contributed by atoms with Gasteiger partial charge in [0.15, 0.2) is 0 Å². The molecule has 0 saturated carbocycles. The van der Waals surface area contributed by atoms with E-state index < -0.39 is 0 Å². The Kier molecular flexibility index (Phi) is 4.16. The third-order valence-corrected chi connectivity index (χ3v) is 3.25. The van der Waals surface area contributed by atoms with Crippen molar-refractivity contribution in [2.75, 3.05) is 0 Å². The van der Waals surface area contributed by atoms with Crippen LogP contribution in [0, 0.1) is 13.8 Å². The molecule has 0 aliphatic rings. The zero-order valence-corrected chi connectivity index (χ0v) is 11.1. The van der Waals surface area contributed by atoms with Gasteiger partial charge in [0.05, 0.1) is 6.10 Å². The highest BCUT2D eigenvalue weighted by atomic mass is 16.3. The molecule has 0 saturated heterocycles. The van der Waals surface area contributed by atoms with Crippen LogP contribution in [0.1, 0.15) is 34.8 Å². The summed E-state index contributed by atoms with van der Waals surface area (Å²) in [7, 11) is 0. The molecule has 0 amide bonds. The molecule has 0 aromatic heterocycles. The highest BCUT2D eigenvalue weighted by Crippen LogP contribution is 2.20. The molecule has 0 heterocycles. The van der Waals surface area contributed by atoms with Crippen LogP contribution >= 0.6 is 0 Å². The molecule has 0 fully saturated rings. The molecule has 1 nitrogen and oxygen atoms in total. The zero-order valence-electron chi connectivity index (χ0n) is 11.1. The summed E-state index contributed by atoms with van der Waals surface area (Å²) in [5.41, 5.74) is 4.77. The van der Waals surface area contributed by atoms with Gasteiger partial charge in [0, 0.05) is 0 Å². The van der Waals surface area contributed by atoms with Crippen molar-refractivity contribution < 1.29 is 5.11 Å². The predicted octanol–water partition coefficient (Wildman–Crippen LogP) is 3.97. The van der Waals surface area contributed by atoms with E-state index in [1.165, 1.54) is 16.7 Å². The summed E-state index contributed by atoms with van der Waals surface area (Å²) in [6.07, 6.45) is 1.31. The molecular weight excluding hydrogens is 220 g/mol. The number of benzene rings is 2. The Balaban J connectivity index is 1.96. The van der Waals surface area contributed by atoms with E-state index in [0.29, 0.717) is 0 Å². The number of hydrogen-bond acceptors (Lipinski definition) is 1. The Morgan fingerprint density at radius 1 is 0.944 bits per heavy atom.